The van der Waals surface area contributed by atoms with Gasteiger partial charge in [-0.1, -0.05) is 12.1 Å². The number of benzene rings is 1. The smallest absolute Gasteiger partial charge is 0.254 e. The van der Waals surface area contributed by atoms with Crippen molar-refractivity contribution in [3.05, 3.63) is 65.6 Å². The molecule has 1 aromatic carbocycles. The van der Waals surface area contributed by atoms with E-state index in [0.29, 0.717) is 17.9 Å². The van der Waals surface area contributed by atoms with E-state index in [0.717, 1.165) is 50.5 Å². The standard InChI is InChI=1S/C24H26N4O2/c1-3-4-10-26-11-13-27(14-12-26)24(29)20-6-5-7-22(15-20)30-18-21-17-28-16-19(2)8-9-23(28)25-21/h1,5-9,15-17H,4,10-14,18H2,2H3. The lowest BCUT2D eigenvalue weighted by Gasteiger charge is -2.34. The van der Waals surface area contributed by atoms with E-state index in [2.05, 4.69) is 22.7 Å². The number of ether oxygens (including phenoxy) is 1. The first-order chi connectivity index (χ1) is 14.6. The summed E-state index contributed by atoms with van der Waals surface area (Å²) >= 11 is 0. The van der Waals surface area contributed by atoms with Crippen LogP contribution in [0, 0.1) is 19.3 Å². The summed E-state index contributed by atoms with van der Waals surface area (Å²) in [4.78, 5) is 21.7. The molecule has 0 spiro atoms. The molecule has 1 aliphatic rings. The number of carbonyl (C=O) groups is 1. The fraction of sp³-hybridized carbons (Fsp3) is 0.333. The molecular weight excluding hydrogens is 376 g/mol. The van der Waals surface area contributed by atoms with Gasteiger partial charge in [-0.25, -0.2) is 4.98 Å². The number of piperazine rings is 1. The first-order valence-corrected chi connectivity index (χ1v) is 10.2. The van der Waals surface area contributed by atoms with Crippen LogP contribution in [0.3, 0.4) is 0 Å². The Balaban J connectivity index is 1.36. The molecule has 1 aliphatic heterocycles. The summed E-state index contributed by atoms with van der Waals surface area (Å²) in [5.74, 6) is 3.38. The molecule has 0 radical (unpaired) electrons. The summed E-state index contributed by atoms with van der Waals surface area (Å²) in [7, 11) is 0. The van der Waals surface area contributed by atoms with Crippen LogP contribution in [0.5, 0.6) is 5.75 Å². The number of rotatable bonds is 6. The average Bonchev–Trinajstić information content (AvgIpc) is 3.18. The molecule has 3 aromatic rings. The molecule has 0 N–H and O–H groups in total. The minimum atomic E-state index is 0.0419. The van der Waals surface area contributed by atoms with Gasteiger partial charge in [-0.3, -0.25) is 9.69 Å². The van der Waals surface area contributed by atoms with E-state index >= 15 is 0 Å². The van der Waals surface area contributed by atoms with Gasteiger partial charge in [-0.15, -0.1) is 12.3 Å². The van der Waals surface area contributed by atoms with Gasteiger partial charge in [0.15, 0.2) is 0 Å². The predicted molar refractivity (Wildman–Crippen MR) is 116 cm³/mol. The van der Waals surface area contributed by atoms with Crippen LogP contribution in [-0.2, 0) is 6.61 Å². The SMILES string of the molecule is C#CCCN1CCN(C(=O)c2cccc(OCc3cn4cc(C)ccc4n3)c2)CC1. The molecule has 1 saturated heterocycles. The lowest BCUT2D eigenvalue weighted by molar-refractivity contribution is 0.0639. The largest absolute Gasteiger partial charge is 0.487 e. The first-order valence-electron chi connectivity index (χ1n) is 10.2. The molecule has 6 nitrogen and oxygen atoms in total. The van der Waals surface area contributed by atoms with Crippen molar-refractivity contribution in [1.29, 1.82) is 0 Å². The zero-order valence-corrected chi connectivity index (χ0v) is 17.3. The van der Waals surface area contributed by atoms with Gasteiger partial charge in [0, 0.05) is 57.1 Å². The summed E-state index contributed by atoms with van der Waals surface area (Å²) in [6.07, 6.45) is 10.1. The highest BCUT2D eigenvalue weighted by Gasteiger charge is 2.22. The Labute approximate surface area is 177 Å². The number of terminal acetylenes is 1. The predicted octanol–water partition coefficient (Wildman–Crippen LogP) is 3.00. The summed E-state index contributed by atoms with van der Waals surface area (Å²) < 4.78 is 7.92. The second kappa shape index (κ2) is 9.02. The Kier molecular flexibility index (Phi) is 6.01. The third-order valence-corrected chi connectivity index (χ3v) is 5.35. The van der Waals surface area contributed by atoms with Gasteiger partial charge in [0.05, 0.1) is 5.69 Å². The van der Waals surface area contributed by atoms with Crippen molar-refractivity contribution < 1.29 is 9.53 Å². The van der Waals surface area contributed by atoms with Gasteiger partial charge in [0.2, 0.25) is 0 Å². The van der Waals surface area contributed by atoms with Gasteiger partial charge in [0.1, 0.15) is 18.0 Å². The molecular formula is C24H26N4O2. The maximum Gasteiger partial charge on any atom is 0.254 e. The van der Waals surface area contributed by atoms with E-state index < -0.39 is 0 Å². The molecule has 30 heavy (non-hydrogen) atoms. The molecule has 0 saturated carbocycles. The number of hydrogen-bond acceptors (Lipinski definition) is 4. The van der Waals surface area contributed by atoms with Crippen molar-refractivity contribution in [3.8, 4) is 18.1 Å². The minimum Gasteiger partial charge on any atom is -0.487 e. The van der Waals surface area contributed by atoms with E-state index in [9.17, 15) is 4.79 Å². The maximum absolute atomic E-state index is 12.9. The number of imidazole rings is 1. The molecule has 0 bridgehead atoms. The number of amides is 1. The molecule has 6 heteroatoms. The number of fused-ring (bicyclic) bond motifs is 1. The molecule has 0 atom stereocenters. The minimum absolute atomic E-state index is 0.0419. The Morgan fingerprint density at radius 3 is 2.80 bits per heavy atom. The lowest BCUT2D eigenvalue weighted by Crippen LogP contribution is -2.48. The molecule has 3 heterocycles. The number of hydrogen-bond donors (Lipinski definition) is 0. The topological polar surface area (TPSA) is 50.1 Å². The van der Waals surface area contributed by atoms with Gasteiger partial charge in [0.25, 0.3) is 5.91 Å². The Bertz CT molecular complexity index is 1070. The monoisotopic (exact) mass is 402 g/mol. The maximum atomic E-state index is 12.9. The number of pyridine rings is 1. The summed E-state index contributed by atoms with van der Waals surface area (Å²) in [5, 5.41) is 0. The lowest BCUT2D eigenvalue weighted by atomic mass is 10.1. The number of nitrogens with zero attached hydrogens (tertiary/aromatic N) is 4. The number of aryl methyl sites for hydroxylation is 1. The van der Waals surface area contributed by atoms with Gasteiger partial charge < -0.3 is 14.0 Å². The fourth-order valence-electron chi connectivity index (χ4n) is 3.68. The second-order valence-corrected chi connectivity index (χ2v) is 7.61. The van der Waals surface area contributed by atoms with Crippen LogP contribution in [0.4, 0.5) is 0 Å². The van der Waals surface area contributed by atoms with Crippen molar-refractivity contribution in [2.75, 3.05) is 32.7 Å². The highest BCUT2D eigenvalue weighted by atomic mass is 16.5. The number of carbonyl (C=O) groups excluding carboxylic acids is 1. The van der Waals surface area contributed by atoms with E-state index in [1.54, 1.807) is 0 Å². The quantitative estimate of drug-likeness (QED) is 0.595. The van der Waals surface area contributed by atoms with E-state index in [1.165, 1.54) is 5.56 Å². The van der Waals surface area contributed by atoms with Crippen molar-refractivity contribution in [1.82, 2.24) is 19.2 Å². The van der Waals surface area contributed by atoms with Gasteiger partial charge >= 0.3 is 0 Å². The molecule has 1 amide bonds. The van der Waals surface area contributed by atoms with E-state index in [4.69, 9.17) is 11.2 Å². The third kappa shape index (κ3) is 4.64. The van der Waals surface area contributed by atoms with Crippen LogP contribution in [0.2, 0.25) is 0 Å². The number of aromatic nitrogens is 2. The van der Waals surface area contributed by atoms with Crippen LogP contribution in [0.15, 0.2) is 48.8 Å². The van der Waals surface area contributed by atoms with E-state index in [-0.39, 0.29) is 5.91 Å². The summed E-state index contributed by atoms with van der Waals surface area (Å²) in [5.41, 5.74) is 3.57. The third-order valence-electron chi connectivity index (χ3n) is 5.35. The van der Waals surface area contributed by atoms with Crippen LogP contribution in [-0.4, -0.2) is 57.8 Å². The first kappa shape index (κ1) is 20.0. The Morgan fingerprint density at radius 1 is 1.17 bits per heavy atom. The van der Waals surface area contributed by atoms with Gasteiger partial charge in [-0.2, -0.15) is 0 Å². The normalized spacial score (nSPS) is 14.6. The zero-order chi connectivity index (χ0) is 20.9. The molecule has 154 valence electrons. The molecule has 0 unspecified atom stereocenters. The highest BCUT2D eigenvalue weighted by Crippen LogP contribution is 2.18. The van der Waals surface area contributed by atoms with Crippen molar-refractivity contribution in [3.63, 3.8) is 0 Å². The van der Waals surface area contributed by atoms with Crippen LogP contribution >= 0.6 is 0 Å². The Morgan fingerprint density at radius 2 is 2.00 bits per heavy atom. The highest BCUT2D eigenvalue weighted by molar-refractivity contribution is 5.94. The zero-order valence-electron chi connectivity index (χ0n) is 17.3. The van der Waals surface area contributed by atoms with Crippen LogP contribution in [0.1, 0.15) is 28.0 Å². The van der Waals surface area contributed by atoms with E-state index in [1.807, 2.05) is 58.1 Å². The van der Waals surface area contributed by atoms with Crippen LogP contribution in [0.25, 0.3) is 5.65 Å². The van der Waals surface area contributed by atoms with Crippen molar-refractivity contribution >= 4 is 11.6 Å². The summed E-state index contributed by atoms with van der Waals surface area (Å²) in [6, 6.07) is 11.4. The molecule has 1 fully saturated rings. The second-order valence-electron chi connectivity index (χ2n) is 7.61. The molecule has 4 rings (SSSR count). The fourth-order valence-corrected chi connectivity index (χ4v) is 3.68. The van der Waals surface area contributed by atoms with Crippen molar-refractivity contribution in [2.24, 2.45) is 0 Å². The van der Waals surface area contributed by atoms with Gasteiger partial charge in [-0.05, 0) is 36.8 Å². The molecule has 0 aliphatic carbocycles. The van der Waals surface area contributed by atoms with Crippen molar-refractivity contribution in [2.45, 2.75) is 20.0 Å². The Hall–Kier alpha value is -3.30. The average molecular weight is 402 g/mol. The van der Waals surface area contributed by atoms with Crippen LogP contribution < -0.4 is 4.74 Å². The molecule has 2 aromatic heterocycles. The summed E-state index contributed by atoms with van der Waals surface area (Å²) in [6.45, 7) is 6.45.